The van der Waals surface area contributed by atoms with Gasteiger partial charge in [0.25, 0.3) is 5.91 Å². The van der Waals surface area contributed by atoms with Crippen molar-refractivity contribution in [2.45, 2.75) is 12.2 Å². The van der Waals surface area contributed by atoms with Gasteiger partial charge < -0.3 is 5.32 Å². The van der Waals surface area contributed by atoms with Gasteiger partial charge in [0.2, 0.25) is 0 Å². The number of allylic oxidation sites excluding steroid dienone is 2. The fourth-order valence-electron chi connectivity index (χ4n) is 2.89. The Morgan fingerprint density at radius 1 is 1.18 bits per heavy atom. The first-order chi connectivity index (χ1) is 13.6. The zero-order valence-electron chi connectivity index (χ0n) is 15.0. The van der Waals surface area contributed by atoms with E-state index in [1.807, 2.05) is 55.6 Å². The van der Waals surface area contributed by atoms with Gasteiger partial charge in [-0.25, -0.2) is 4.68 Å². The number of carbonyl (C=O) groups is 1. The summed E-state index contributed by atoms with van der Waals surface area (Å²) in [5.41, 5.74) is 2.92. The van der Waals surface area contributed by atoms with Gasteiger partial charge in [-0.1, -0.05) is 29.4 Å². The summed E-state index contributed by atoms with van der Waals surface area (Å²) in [6.45, 7) is 2.01. The highest BCUT2D eigenvalue weighted by molar-refractivity contribution is 8.08. The van der Waals surface area contributed by atoms with E-state index in [4.69, 9.17) is 11.6 Å². The van der Waals surface area contributed by atoms with Crippen molar-refractivity contribution in [2.24, 2.45) is 0 Å². The Morgan fingerprint density at radius 3 is 2.79 bits per heavy atom. The van der Waals surface area contributed by atoms with Crippen molar-refractivity contribution in [2.75, 3.05) is 5.32 Å². The summed E-state index contributed by atoms with van der Waals surface area (Å²) in [5, 5.41) is 8.79. The van der Waals surface area contributed by atoms with Gasteiger partial charge in [0.15, 0.2) is 0 Å². The van der Waals surface area contributed by atoms with Crippen molar-refractivity contribution in [1.82, 2.24) is 14.8 Å². The molecule has 0 bridgehead atoms. The number of aromatic nitrogens is 3. The fraction of sp³-hybridized carbons (Fsp3) is 0.0952. The van der Waals surface area contributed by atoms with E-state index in [-0.39, 0.29) is 11.2 Å². The molecule has 140 valence electrons. The fourth-order valence-corrected chi connectivity index (χ4v) is 4.15. The lowest BCUT2D eigenvalue weighted by Gasteiger charge is -2.20. The van der Waals surface area contributed by atoms with Gasteiger partial charge in [-0.15, -0.1) is 0 Å². The van der Waals surface area contributed by atoms with Crippen molar-refractivity contribution >= 4 is 40.0 Å². The molecule has 0 fully saturated rings. The number of carbonyl (C=O) groups excluding carboxylic acids is 1. The van der Waals surface area contributed by atoms with Gasteiger partial charge in [0.1, 0.15) is 0 Å². The predicted octanol–water partition coefficient (Wildman–Crippen LogP) is 5.10. The van der Waals surface area contributed by atoms with Crippen LogP contribution in [0.4, 0.5) is 5.69 Å². The molecular weight excluding hydrogens is 392 g/mol. The Balaban J connectivity index is 1.56. The summed E-state index contributed by atoms with van der Waals surface area (Å²) in [4.78, 5) is 17.1. The van der Waals surface area contributed by atoms with E-state index in [1.165, 1.54) is 0 Å². The molecule has 1 amide bonds. The second kappa shape index (κ2) is 8.04. The number of halogens is 1. The highest BCUT2D eigenvalue weighted by atomic mass is 35.5. The van der Waals surface area contributed by atoms with Crippen molar-refractivity contribution < 1.29 is 4.79 Å². The summed E-state index contributed by atoms with van der Waals surface area (Å²) >= 11 is 7.92. The van der Waals surface area contributed by atoms with Crippen LogP contribution < -0.4 is 5.32 Å². The summed E-state index contributed by atoms with van der Waals surface area (Å²) in [6.07, 6.45) is 9.10. The summed E-state index contributed by atoms with van der Waals surface area (Å²) in [5.74, 6) is -0.134. The van der Waals surface area contributed by atoms with Crippen LogP contribution in [0.5, 0.6) is 0 Å². The number of nitrogens with zero attached hydrogens (tertiary/aromatic N) is 3. The number of pyridine rings is 1. The zero-order chi connectivity index (χ0) is 19.5. The van der Waals surface area contributed by atoms with Gasteiger partial charge in [0.05, 0.1) is 15.7 Å². The Labute approximate surface area is 172 Å². The van der Waals surface area contributed by atoms with Gasteiger partial charge >= 0.3 is 0 Å². The van der Waals surface area contributed by atoms with Gasteiger partial charge in [-0.2, -0.15) is 5.10 Å². The number of thioether (sulfide) groups is 1. The molecule has 3 heterocycles. The number of rotatable bonds is 4. The van der Waals surface area contributed by atoms with E-state index < -0.39 is 0 Å². The second-order valence-electron chi connectivity index (χ2n) is 6.20. The molecule has 3 aromatic rings. The van der Waals surface area contributed by atoms with Gasteiger partial charge in [-0.05, 0) is 55.5 Å². The topological polar surface area (TPSA) is 59.8 Å². The van der Waals surface area contributed by atoms with Gasteiger partial charge in [0, 0.05) is 40.7 Å². The van der Waals surface area contributed by atoms with E-state index in [1.54, 1.807) is 41.0 Å². The lowest BCUT2D eigenvalue weighted by atomic mass is 10.1. The van der Waals surface area contributed by atoms with E-state index in [9.17, 15) is 4.79 Å². The quantitative estimate of drug-likeness (QED) is 0.652. The molecular formula is C21H17ClN4OS. The molecule has 0 saturated heterocycles. The molecule has 1 aliphatic rings. The van der Waals surface area contributed by atoms with Crippen LogP contribution in [0.1, 0.15) is 6.92 Å². The summed E-state index contributed by atoms with van der Waals surface area (Å²) < 4.78 is 1.80. The predicted molar refractivity (Wildman–Crippen MR) is 115 cm³/mol. The number of anilines is 1. The Kier molecular flexibility index (Phi) is 5.32. The smallest absolute Gasteiger partial charge is 0.252 e. The van der Waals surface area contributed by atoms with Crippen molar-refractivity contribution in [3.63, 3.8) is 0 Å². The highest BCUT2D eigenvalue weighted by Crippen LogP contribution is 2.35. The summed E-state index contributed by atoms with van der Waals surface area (Å²) in [6, 6.07) is 12.9. The standard InChI is InChI=1S/C21H17ClN4OS/c1-14-16(7-9-20(28-14)26-12-4-11-24-26)21(27)25-15-6-8-18(22)17(13-15)19-5-2-3-10-23-19/h2-14H,1H3,(H,25,27). The Morgan fingerprint density at radius 2 is 2.07 bits per heavy atom. The van der Waals surface area contributed by atoms with Crippen molar-refractivity contribution in [1.29, 1.82) is 0 Å². The zero-order valence-corrected chi connectivity index (χ0v) is 16.6. The minimum atomic E-state index is -0.134. The molecule has 1 aromatic carbocycles. The minimum Gasteiger partial charge on any atom is -0.322 e. The second-order valence-corrected chi connectivity index (χ2v) is 7.97. The van der Waals surface area contributed by atoms with E-state index in [0.29, 0.717) is 16.3 Å². The van der Waals surface area contributed by atoms with Crippen LogP contribution in [0.3, 0.4) is 0 Å². The van der Waals surface area contributed by atoms with E-state index >= 15 is 0 Å². The first kappa shape index (κ1) is 18.5. The van der Waals surface area contributed by atoms with E-state index in [2.05, 4.69) is 15.4 Å². The van der Waals surface area contributed by atoms with Crippen LogP contribution in [-0.2, 0) is 4.79 Å². The van der Waals surface area contributed by atoms with Crippen LogP contribution in [0, 0.1) is 0 Å². The van der Waals surface area contributed by atoms with E-state index in [0.717, 1.165) is 16.3 Å². The van der Waals surface area contributed by atoms with Crippen LogP contribution in [-0.4, -0.2) is 25.9 Å². The molecule has 4 rings (SSSR count). The normalized spacial score (nSPS) is 16.3. The molecule has 5 nitrogen and oxygen atoms in total. The van der Waals surface area contributed by atoms with Crippen LogP contribution >= 0.6 is 23.4 Å². The number of amides is 1. The molecule has 7 heteroatoms. The molecule has 1 aliphatic heterocycles. The van der Waals surface area contributed by atoms with Crippen molar-refractivity contribution in [3.8, 4) is 11.3 Å². The van der Waals surface area contributed by atoms with Crippen LogP contribution in [0.15, 0.2) is 78.8 Å². The first-order valence-electron chi connectivity index (χ1n) is 8.72. The first-order valence-corrected chi connectivity index (χ1v) is 9.98. The molecule has 1 atom stereocenters. The van der Waals surface area contributed by atoms with Crippen molar-refractivity contribution in [3.05, 3.63) is 83.8 Å². The Bertz CT molecular complexity index is 1060. The third-order valence-electron chi connectivity index (χ3n) is 4.30. The maximum absolute atomic E-state index is 12.8. The SMILES string of the molecule is CC1SC(n2cccn2)=CC=C1C(=O)Nc1ccc(Cl)c(-c2ccccn2)c1. The number of nitrogens with one attached hydrogen (secondary N) is 1. The number of benzene rings is 1. The molecule has 0 radical (unpaired) electrons. The lowest BCUT2D eigenvalue weighted by molar-refractivity contribution is -0.112. The minimum absolute atomic E-state index is 0.00626. The summed E-state index contributed by atoms with van der Waals surface area (Å²) in [7, 11) is 0. The molecule has 2 aromatic heterocycles. The monoisotopic (exact) mass is 408 g/mol. The molecule has 0 spiro atoms. The molecule has 1 unspecified atom stereocenters. The highest BCUT2D eigenvalue weighted by Gasteiger charge is 2.23. The molecule has 1 N–H and O–H groups in total. The Hall–Kier alpha value is -2.83. The average Bonchev–Trinajstić information content (AvgIpc) is 3.25. The van der Waals surface area contributed by atoms with Crippen LogP contribution in [0.25, 0.3) is 16.3 Å². The largest absolute Gasteiger partial charge is 0.322 e. The third-order valence-corrected chi connectivity index (χ3v) is 5.80. The maximum atomic E-state index is 12.8. The molecule has 28 heavy (non-hydrogen) atoms. The lowest BCUT2D eigenvalue weighted by Crippen LogP contribution is -2.22. The molecule has 0 saturated carbocycles. The maximum Gasteiger partial charge on any atom is 0.252 e. The van der Waals surface area contributed by atoms with Gasteiger partial charge in [-0.3, -0.25) is 9.78 Å². The molecule has 0 aliphatic carbocycles. The van der Waals surface area contributed by atoms with Crippen LogP contribution in [0.2, 0.25) is 5.02 Å². The number of hydrogen-bond acceptors (Lipinski definition) is 4. The third kappa shape index (κ3) is 3.88. The number of hydrogen-bond donors (Lipinski definition) is 1. The average molecular weight is 409 g/mol.